The summed E-state index contributed by atoms with van der Waals surface area (Å²) in [5, 5.41) is 21.7. The van der Waals surface area contributed by atoms with Crippen LogP contribution in [-0.2, 0) is 6.54 Å². The van der Waals surface area contributed by atoms with Crippen LogP contribution in [0.25, 0.3) is 0 Å². The zero-order valence-electron chi connectivity index (χ0n) is 10.7. The zero-order valence-corrected chi connectivity index (χ0v) is 11.5. The highest BCUT2D eigenvalue weighted by atomic mass is 32.1. The van der Waals surface area contributed by atoms with Crippen molar-refractivity contribution in [1.82, 2.24) is 5.32 Å². The van der Waals surface area contributed by atoms with Gasteiger partial charge in [0.1, 0.15) is 10.9 Å². The van der Waals surface area contributed by atoms with Crippen molar-refractivity contribution in [3.8, 4) is 6.07 Å². The van der Waals surface area contributed by atoms with E-state index < -0.39 is 0 Å². The minimum absolute atomic E-state index is 0.151. The Morgan fingerprint density at radius 2 is 2.18 bits per heavy atom. The van der Waals surface area contributed by atoms with E-state index in [1.807, 2.05) is 12.1 Å². The summed E-state index contributed by atoms with van der Waals surface area (Å²) in [6, 6.07) is 5.90. The number of hydrogen-bond donors (Lipinski definition) is 2. The van der Waals surface area contributed by atoms with Gasteiger partial charge >= 0.3 is 0 Å². The number of nitrogens with zero attached hydrogens (tertiary/aromatic N) is 1. The Bertz CT molecular complexity index is 387. The normalized spacial score (nSPS) is 13.4. The van der Waals surface area contributed by atoms with E-state index >= 15 is 0 Å². The Labute approximate surface area is 107 Å². The molecule has 1 aromatic rings. The summed E-state index contributed by atoms with van der Waals surface area (Å²) in [5.74, 6) is 0. The van der Waals surface area contributed by atoms with E-state index in [1.165, 1.54) is 11.3 Å². The van der Waals surface area contributed by atoms with Crippen LogP contribution in [0.5, 0.6) is 0 Å². The van der Waals surface area contributed by atoms with Gasteiger partial charge in [0.25, 0.3) is 0 Å². The number of thiophene rings is 1. The SMILES string of the molecule is CC(C)(C)CC(O)CNCc1ccc(C#N)s1. The molecule has 1 rings (SSSR count). The van der Waals surface area contributed by atoms with Crippen molar-refractivity contribution in [3.05, 3.63) is 21.9 Å². The molecule has 2 N–H and O–H groups in total. The fourth-order valence-corrected chi connectivity index (χ4v) is 2.45. The molecule has 0 aliphatic heterocycles. The van der Waals surface area contributed by atoms with Crippen molar-refractivity contribution in [2.45, 2.75) is 39.8 Å². The van der Waals surface area contributed by atoms with E-state index in [0.29, 0.717) is 13.1 Å². The average molecular weight is 252 g/mol. The first-order chi connectivity index (χ1) is 7.90. The standard InChI is InChI=1S/C13H20N2OS/c1-13(2,3)6-10(16)8-15-9-12-5-4-11(7-14)17-12/h4-5,10,15-16H,6,8-9H2,1-3H3. The Morgan fingerprint density at radius 3 is 2.71 bits per heavy atom. The van der Waals surface area contributed by atoms with Gasteiger partial charge in [0.15, 0.2) is 0 Å². The van der Waals surface area contributed by atoms with Gasteiger partial charge in [0, 0.05) is 18.0 Å². The van der Waals surface area contributed by atoms with Crippen LogP contribution >= 0.6 is 11.3 Å². The van der Waals surface area contributed by atoms with Crippen LogP contribution in [0.15, 0.2) is 12.1 Å². The summed E-state index contributed by atoms with van der Waals surface area (Å²) in [6.45, 7) is 7.67. The number of aliphatic hydroxyl groups excluding tert-OH is 1. The second kappa shape index (κ2) is 6.15. The number of nitriles is 1. The lowest BCUT2D eigenvalue weighted by molar-refractivity contribution is 0.119. The molecule has 0 saturated carbocycles. The van der Waals surface area contributed by atoms with Gasteiger partial charge in [-0.05, 0) is 24.0 Å². The van der Waals surface area contributed by atoms with Gasteiger partial charge in [0.05, 0.1) is 6.10 Å². The van der Waals surface area contributed by atoms with Gasteiger partial charge in [-0.2, -0.15) is 5.26 Å². The third-order valence-corrected chi connectivity index (χ3v) is 3.29. The smallest absolute Gasteiger partial charge is 0.110 e. The van der Waals surface area contributed by atoms with Crippen LogP contribution in [0.4, 0.5) is 0 Å². The van der Waals surface area contributed by atoms with Gasteiger partial charge in [0.2, 0.25) is 0 Å². The molecule has 0 bridgehead atoms. The first-order valence-corrected chi connectivity index (χ1v) is 6.60. The van der Waals surface area contributed by atoms with Crippen LogP contribution < -0.4 is 5.32 Å². The Balaban J connectivity index is 2.26. The second-order valence-electron chi connectivity index (χ2n) is 5.43. The predicted molar refractivity (Wildman–Crippen MR) is 70.8 cm³/mol. The molecule has 1 atom stereocenters. The van der Waals surface area contributed by atoms with Crippen molar-refractivity contribution in [3.63, 3.8) is 0 Å². The quantitative estimate of drug-likeness (QED) is 0.846. The first kappa shape index (κ1) is 14.2. The topological polar surface area (TPSA) is 56.0 Å². The highest BCUT2D eigenvalue weighted by molar-refractivity contribution is 7.12. The van der Waals surface area contributed by atoms with E-state index in [1.54, 1.807) is 0 Å². The summed E-state index contributed by atoms with van der Waals surface area (Å²) >= 11 is 1.49. The third-order valence-electron chi connectivity index (χ3n) is 2.30. The lowest BCUT2D eigenvalue weighted by atomic mass is 9.89. The molecular formula is C13H20N2OS. The summed E-state index contributed by atoms with van der Waals surface area (Å²) < 4.78 is 0. The zero-order chi connectivity index (χ0) is 12.9. The van der Waals surface area contributed by atoms with Crippen LogP contribution in [-0.4, -0.2) is 17.8 Å². The van der Waals surface area contributed by atoms with E-state index in [-0.39, 0.29) is 11.5 Å². The minimum atomic E-state index is -0.314. The highest BCUT2D eigenvalue weighted by Gasteiger charge is 2.16. The lowest BCUT2D eigenvalue weighted by Crippen LogP contribution is -2.29. The molecule has 94 valence electrons. The molecule has 17 heavy (non-hydrogen) atoms. The van der Waals surface area contributed by atoms with E-state index in [0.717, 1.165) is 16.2 Å². The third kappa shape index (κ3) is 5.83. The van der Waals surface area contributed by atoms with Crippen LogP contribution in [0.1, 0.15) is 36.9 Å². The molecule has 0 saturated heterocycles. The van der Waals surface area contributed by atoms with Gasteiger partial charge in [-0.15, -0.1) is 11.3 Å². The maximum atomic E-state index is 9.80. The molecule has 3 nitrogen and oxygen atoms in total. The number of rotatable bonds is 5. The maximum absolute atomic E-state index is 9.80. The van der Waals surface area contributed by atoms with Gasteiger partial charge in [-0.3, -0.25) is 0 Å². The molecule has 0 amide bonds. The van der Waals surface area contributed by atoms with Crippen LogP contribution in [0, 0.1) is 16.7 Å². The summed E-state index contributed by atoms with van der Waals surface area (Å²) in [5.41, 5.74) is 0.151. The predicted octanol–water partition coefficient (Wildman–Crippen LogP) is 2.51. The summed E-state index contributed by atoms with van der Waals surface area (Å²) in [7, 11) is 0. The van der Waals surface area contributed by atoms with Crippen LogP contribution in [0.2, 0.25) is 0 Å². The largest absolute Gasteiger partial charge is 0.392 e. The summed E-state index contributed by atoms with van der Waals surface area (Å²) in [4.78, 5) is 1.86. The maximum Gasteiger partial charge on any atom is 0.110 e. The van der Waals surface area contributed by atoms with E-state index in [9.17, 15) is 5.11 Å². The first-order valence-electron chi connectivity index (χ1n) is 5.78. The fraction of sp³-hybridized carbons (Fsp3) is 0.615. The number of nitrogens with one attached hydrogen (secondary N) is 1. The van der Waals surface area contributed by atoms with Gasteiger partial charge < -0.3 is 10.4 Å². The second-order valence-corrected chi connectivity index (χ2v) is 6.60. The molecule has 0 radical (unpaired) electrons. The van der Waals surface area contributed by atoms with Gasteiger partial charge in [-0.1, -0.05) is 20.8 Å². The van der Waals surface area contributed by atoms with Crippen molar-refractivity contribution in [1.29, 1.82) is 5.26 Å². The van der Waals surface area contributed by atoms with E-state index in [2.05, 4.69) is 32.2 Å². The van der Waals surface area contributed by atoms with Gasteiger partial charge in [-0.25, -0.2) is 0 Å². The molecule has 0 fully saturated rings. The molecule has 1 aromatic heterocycles. The minimum Gasteiger partial charge on any atom is -0.392 e. The molecular weight excluding hydrogens is 232 g/mol. The number of aliphatic hydroxyl groups is 1. The number of hydrogen-bond acceptors (Lipinski definition) is 4. The Morgan fingerprint density at radius 1 is 1.47 bits per heavy atom. The molecule has 0 aromatic carbocycles. The van der Waals surface area contributed by atoms with Crippen LogP contribution in [0.3, 0.4) is 0 Å². The monoisotopic (exact) mass is 252 g/mol. The molecule has 4 heteroatoms. The fourth-order valence-electron chi connectivity index (χ4n) is 1.67. The molecule has 0 aliphatic carbocycles. The van der Waals surface area contributed by atoms with Crippen molar-refractivity contribution >= 4 is 11.3 Å². The Hall–Kier alpha value is -0.890. The summed E-state index contributed by atoms with van der Waals surface area (Å²) in [6.07, 6.45) is 0.471. The molecule has 1 heterocycles. The average Bonchev–Trinajstić information content (AvgIpc) is 2.63. The van der Waals surface area contributed by atoms with Crippen molar-refractivity contribution < 1.29 is 5.11 Å². The van der Waals surface area contributed by atoms with Crippen molar-refractivity contribution in [2.24, 2.45) is 5.41 Å². The van der Waals surface area contributed by atoms with Crippen molar-refractivity contribution in [2.75, 3.05) is 6.54 Å². The lowest BCUT2D eigenvalue weighted by Gasteiger charge is -2.22. The van der Waals surface area contributed by atoms with E-state index in [4.69, 9.17) is 5.26 Å². The molecule has 1 unspecified atom stereocenters. The Kier molecular flexibility index (Phi) is 5.13. The molecule has 0 aliphatic rings. The molecule has 0 spiro atoms. The highest BCUT2D eigenvalue weighted by Crippen LogP contribution is 2.20.